The summed E-state index contributed by atoms with van der Waals surface area (Å²) in [4.78, 5) is 29.7. The van der Waals surface area contributed by atoms with E-state index >= 15 is 0 Å². The molecule has 4 rings (SSSR count). The summed E-state index contributed by atoms with van der Waals surface area (Å²) in [7, 11) is 0. The highest BCUT2D eigenvalue weighted by Crippen LogP contribution is 2.32. The second kappa shape index (κ2) is 7.11. The van der Waals surface area contributed by atoms with Gasteiger partial charge in [0.2, 0.25) is 12.7 Å². The van der Waals surface area contributed by atoms with Gasteiger partial charge in [-0.05, 0) is 29.8 Å². The normalized spacial score (nSPS) is 12.3. The zero-order valence-electron chi connectivity index (χ0n) is 14.9. The van der Waals surface area contributed by atoms with Crippen LogP contribution in [-0.2, 0) is 24.3 Å². The number of amides is 1. The van der Waals surface area contributed by atoms with Crippen molar-refractivity contribution < 1.29 is 14.3 Å². The van der Waals surface area contributed by atoms with Crippen LogP contribution in [0.5, 0.6) is 11.5 Å². The molecule has 27 heavy (non-hydrogen) atoms. The molecule has 2 heterocycles. The van der Waals surface area contributed by atoms with Crippen LogP contribution in [0.3, 0.4) is 0 Å². The number of nitrogens with zero attached hydrogens (tertiary/aromatic N) is 2. The van der Waals surface area contributed by atoms with Gasteiger partial charge in [0.1, 0.15) is 12.4 Å². The van der Waals surface area contributed by atoms with E-state index in [1.165, 1.54) is 4.57 Å². The Bertz CT molecular complexity index is 1070. The van der Waals surface area contributed by atoms with Crippen molar-refractivity contribution >= 4 is 16.8 Å². The van der Waals surface area contributed by atoms with Gasteiger partial charge in [-0.2, -0.15) is 0 Å². The quantitative estimate of drug-likeness (QED) is 0.748. The van der Waals surface area contributed by atoms with Gasteiger partial charge in [0, 0.05) is 13.0 Å². The third kappa shape index (κ3) is 3.36. The second-order valence-electron chi connectivity index (χ2n) is 6.25. The van der Waals surface area contributed by atoms with E-state index in [9.17, 15) is 9.59 Å². The summed E-state index contributed by atoms with van der Waals surface area (Å²) in [5.41, 5.74) is 1.35. The third-order valence-electron chi connectivity index (χ3n) is 4.49. The number of nitrogens with one attached hydrogen (secondary N) is 1. The standard InChI is InChI=1S/C20H19N3O4/c1-2-18-22-15-6-4-3-5-14(15)20(25)23(18)11-19(24)21-10-13-7-8-16-17(9-13)27-12-26-16/h3-9H,2,10-12H2,1H3,(H,21,24). The van der Waals surface area contributed by atoms with Crippen LogP contribution >= 0.6 is 0 Å². The number of aryl methyl sites for hydroxylation is 1. The average molecular weight is 365 g/mol. The minimum Gasteiger partial charge on any atom is -0.454 e. The topological polar surface area (TPSA) is 82.5 Å². The fourth-order valence-corrected chi connectivity index (χ4v) is 3.10. The number of hydrogen-bond donors (Lipinski definition) is 1. The van der Waals surface area contributed by atoms with Gasteiger partial charge in [-0.1, -0.05) is 25.1 Å². The third-order valence-corrected chi connectivity index (χ3v) is 4.49. The Morgan fingerprint density at radius 1 is 1.19 bits per heavy atom. The number of carbonyl (C=O) groups is 1. The van der Waals surface area contributed by atoms with E-state index in [2.05, 4.69) is 10.3 Å². The monoisotopic (exact) mass is 365 g/mol. The first-order valence-electron chi connectivity index (χ1n) is 8.79. The Balaban J connectivity index is 1.51. The molecule has 0 unspecified atom stereocenters. The molecule has 0 bridgehead atoms. The van der Waals surface area contributed by atoms with Crippen LogP contribution in [0, 0.1) is 0 Å². The lowest BCUT2D eigenvalue weighted by Crippen LogP contribution is -2.34. The van der Waals surface area contributed by atoms with Gasteiger partial charge in [-0.15, -0.1) is 0 Å². The summed E-state index contributed by atoms with van der Waals surface area (Å²) in [6.45, 7) is 2.40. The Morgan fingerprint density at radius 3 is 2.85 bits per heavy atom. The number of hydrogen-bond acceptors (Lipinski definition) is 5. The van der Waals surface area contributed by atoms with Gasteiger partial charge in [0.05, 0.1) is 10.9 Å². The van der Waals surface area contributed by atoms with Crippen molar-refractivity contribution in [3.8, 4) is 11.5 Å². The lowest BCUT2D eigenvalue weighted by Gasteiger charge is -2.12. The summed E-state index contributed by atoms with van der Waals surface area (Å²) in [5, 5.41) is 3.35. The van der Waals surface area contributed by atoms with Crippen molar-refractivity contribution in [1.29, 1.82) is 0 Å². The molecule has 7 heteroatoms. The van der Waals surface area contributed by atoms with Crippen LogP contribution in [0.1, 0.15) is 18.3 Å². The molecule has 1 amide bonds. The van der Waals surface area contributed by atoms with Crippen molar-refractivity contribution in [1.82, 2.24) is 14.9 Å². The predicted molar refractivity (Wildman–Crippen MR) is 99.8 cm³/mol. The van der Waals surface area contributed by atoms with E-state index in [0.717, 1.165) is 5.56 Å². The summed E-state index contributed by atoms with van der Waals surface area (Å²) >= 11 is 0. The molecule has 0 fully saturated rings. The maximum atomic E-state index is 12.8. The molecule has 0 saturated heterocycles. The molecule has 0 spiro atoms. The van der Waals surface area contributed by atoms with Crippen molar-refractivity contribution in [2.75, 3.05) is 6.79 Å². The van der Waals surface area contributed by atoms with E-state index in [4.69, 9.17) is 9.47 Å². The molecule has 0 atom stereocenters. The molecule has 2 aromatic carbocycles. The van der Waals surface area contributed by atoms with Crippen molar-refractivity contribution in [3.05, 3.63) is 64.2 Å². The molecule has 0 aliphatic carbocycles. The first kappa shape index (κ1) is 17.1. The predicted octanol–water partition coefficient (Wildman–Crippen LogP) is 2.00. The second-order valence-corrected chi connectivity index (χ2v) is 6.25. The highest BCUT2D eigenvalue weighted by molar-refractivity contribution is 5.79. The zero-order valence-corrected chi connectivity index (χ0v) is 14.9. The van der Waals surface area contributed by atoms with E-state index in [0.29, 0.717) is 41.2 Å². The van der Waals surface area contributed by atoms with Gasteiger partial charge >= 0.3 is 0 Å². The Hall–Kier alpha value is -3.35. The van der Waals surface area contributed by atoms with Gasteiger partial charge in [0.15, 0.2) is 11.5 Å². The molecule has 7 nitrogen and oxygen atoms in total. The number of ether oxygens (including phenoxy) is 2. The molecule has 1 aliphatic rings. The van der Waals surface area contributed by atoms with Crippen molar-refractivity contribution in [3.63, 3.8) is 0 Å². The number of fused-ring (bicyclic) bond motifs is 2. The van der Waals surface area contributed by atoms with Gasteiger partial charge < -0.3 is 14.8 Å². The largest absolute Gasteiger partial charge is 0.454 e. The number of rotatable bonds is 5. The summed E-state index contributed by atoms with van der Waals surface area (Å²) in [6.07, 6.45) is 0.565. The van der Waals surface area contributed by atoms with Crippen LogP contribution in [0.2, 0.25) is 0 Å². The van der Waals surface area contributed by atoms with Crippen LogP contribution in [0.25, 0.3) is 10.9 Å². The van der Waals surface area contributed by atoms with Crippen molar-refractivity contribution in [2.45, 2.75) is 26.4 Å². The first-order valence-corrected chi connectivity index (χ1v) is 8.79. The van der Waals surface area contributed by atoms with Crippen LogP contribution < -0.4 is 20.3 Å². The summed E-state index contributed by atoms with van der Waals surface area (Å²) in [6, 6.07) is 12.7. The Kier molecular flexibility index (Phi) is 4.50. The number of aromatic nitrogens is 2. The first-order chi connectivity index (χ1) is 13.2. The lowest BCUT2D eigenvalue weighted by atomic mass is 10.2. The van der Waals surface area contributed by atoms with Gasteiger partial charge in [-0.25, -0.2) is 4.98 Å². The summed E-state index contributed by atoms with van der Waals surface area (Å²) in [5.74, 6) is 1.72. The van der Waals surface area contributed by atoms with E-state index in [1.54, 1.807) is 18.2 Å². The zero-order chi connectivity index (χ0) is 18.8. The highest BCUT2D eigenvalue weighted by Gasteiger charge is 2.15. The van der Waals surface area contributed by atoms with Crippen LogP contribution in [0.4, 0.5) is 0 Å². The smallest absolute Gasteiger partial charge is 0.261 e. The Morgan fingerprint density at radius 2 is 2.00 bits per heavy atom. The van der Waals surface area contributed by atoms with Gasteiger partial charge in [-0.3, -0.25) is 14.2 Å². The van der Waals surface area contributed by atoms with Gasteiger partial charge in [0.25, 0.3) is 5.56 Å². The minimum atomic E-state index is -0.249. The molecule has 3 aromatic rings. The number of benzene rings is 2. The molecular weight excluding hydrogens is 346 g/mol. The molecular formula is C20H19N3O4. The Labute approximate surface area is 155 Å². The fraction of sp³-hybridized carbons (Fsp3) is 0.250. The van der Waals surface area contributed by atoms with E-state index in [-0.39, 0.29) is 24.8 Å². The maximum Gasteiger partial charge on any atom is 0.261 e. The van der Waals surface area contributed by atoms with Crippen LogP contribution in [-0.4, -0.2) is 22.3 Å². The lowest BCUT2D eigenvalue weighted by molar-refractivity contribution is -0.121. The molecule has 138 valence electrons. The molecule has 1 aliphatic heterocycles. The van der Waals surface area contributed by atoms with Crippen LogP contribution in [0.15, 0.2) is 47.3 Å². The SMILES string of the molecule is CCc1nc2ccccc2c(=O)n1CC(=O)NCc1ccc2c(c1)OCO2. The fourth-order valence-electron chi connectivity index (χ4n) is 3.10. The minimum absolute atomic E-state index is 0.0651. The average Bonchev–Trinajstić information content (AvgIpc) is 3.16. The molecule has 1 N–H and O–H groups in total. The molecule has 0 saturated carbocycles. The molecule has 0 radical (unpaired) electrons. The maximum absolute atomic E-state index is 12.8. The van der Waals surface area contributed by atoms with E-state index < -0.39 is 0 Å². The number of para-hydroxylation sites is 1. The highest BCUT2D eigenvalue weighted by atomic mass is 16.7. The summed E-state index contributed by atoms with van der Waals surface area (Å²) < 4.78 is 12.1. The van der Waals surface area contributed by atoms with Crippen molar-refractivity contribution in [2.24, 2.45) is 0 Å². The number of carbonyl (C=O) groups excluding carboxylic acids is 1. The molecule has 1 aromatic heterocycles. The van der Waals surface area contributed by atoms with E-state index in [1.807, 2.05) is 31.2 Å².